The third-order valence-electron chi connectivity index (χ3n) is 8.31. The summed E-state index contributed by atoms with van der Waals surface area (Å²) in [7, 11) is 0. The van der Waals surface area contributed by atoms with Crippen molar-refractivity contribution in [1.29, 1.82) is 0 Å². The molecule has 1 N–H and O–H groups in total. The Morgan fingerprint density at radius 1 is 1.27 bits per heavy atom. The maximum absolute atomic E-state index is 13.4. The molecule has 0 aliphatic heterocycles. The minimum absolute atomic E-state index is 0.00249. The van der Waals surface area contributed by atoms with E-state index in [0.717, 1.165) is 18.4 Å². The van der Waals surface area contributed by atoms with Gasteiger partial charge in [-0.15, -0.1) is 0 Å². The molecule has 0 aromatic heterocycles. The molecule has 4 heteroatoms. The van der Waals surface area contributed by atoms with Crippen LogP contribution >= 0.6 is 0 Å². The van der Waals surface area contributed by atoms with Crippen molar-refractivity contribution >= 4 is 17.3 Å². The van der Waals surface area contributed by atoms with Crippen LogP contribution in [-0.2, 0) is 14.4 Å². The second kappa shape index (κ2) is 5.25. The van der Waals surface area contributed by atoms with Crippen LogP contribution in [0.15, 0.2) is 23.8 Å². The molecule has 0 unspecified atom stereocenters. The van der Waals surface area contributed by atoms with Crippen molar-refractivity contribution in [1.82, 2.24) is 0 Å². The maximum Gasteiger partial charge on any atom is 0.178 e. The van der Waals surface area contributed by atoms with Gasteiger partial charge in [0.15, 0.2) is 11.6 Å². The Hall–Kier alpha value is -1.55. The van der Waals surface area contributed by atoms with Crippen molar-refractivity contribution < 1.29 is 19.5 Å². The van der Waals surface area contributed by atoms with Gasteiger partial charge in [-0.25, -0.2) is 0 Å². The Bertz CT molecular complexity index is 777. The Balaban J connectivity index is 1.81. The van der Waals surface area contributed by atoms with E-state index in [1.165, 1.54) is 6.92 Å². The third kappa shape index (κ3) is 1.97. The van der Waals surface area contributed by atoms with Gasteiger partial charge < -0.3 is 5.11 Å². The molecule has 0 spiro atoms. The SMILES string of the molecule is CC(=O)[C@@]1(O)CC[C@H]2[C@@H]3C[C@@H](C)C4=CC(=O)C=C[C@]4(C)[C@H]3C(=O)C[C@@]21C. The molecule has 140 valence electrons. The highest BCUT2D eigenvalue weighted by Gasteiger charge is 2.68. The maximum atomic E-state index is 13.4. The summed E-state index contributed by atoms with van der Waals surface area (Å²) < 4.78 is 0. The van der Waals surface area contributed by atoms with Crippen LogP contribution in [0.2, 0.25) is 0 Å². The van der Waals surface area contributed by atoms with Gasteiger partial charge in [0.25, 0.3) is 0 Å². The van der Waals surface area contributed by atoms with E-state index in [4.69, 9.17) is 0 Å². The van der Waals surface area contributed by atoms with E-state index in [1.54, 1.807) is 12.2 Å². The molecule has 7 atom stereocenters. The Morgan fingerprint density at radius 2 is 1.96 bits per heavy atom. The molecule has 0 bridgehead atoms. The lowest BCUT2D eigenvalue weighted by molar-refractivity contribution is -0.166. The quantitative estimate of drug-likeness (QED) is 0.784. The highest BCUT2D eigenvalue weighted by molar-refractivity contribution is 6.02. The average Bonchev–Trinajstić information content (AvgIpc) is 2.81. The number of carbonyl (C=O) groups excluding carboxylic acids is 3. The van der Waals surface area contributed by atoms with Gasteiger partial charge in [0.2, 0.25) is 0 Å². The van der Waals surface area contributed by atoms with Crippen LogP contribution < -0.4 is 0 Å². The molecule has 4 aliphatic carbocycles. The van der Waals surface area contributed by atoms with Crippen molar-refractivity contribution in [2.75, 3.05) is 0 Å². The predicted molar refractivity (Wildman–Crippen MR) is 97.2 cm³/mol. The molecule has 4 aliphatic rings. The van der Waals surface area contributed by atoms with E-state index in [0.29, 0.717) is 6.42 Å². The molecule has 0 amide bonds. The van der Waals surface area contributed by atoms with Crippen LogP contribution in [0.1, 0.15) is 53.4 Å². The first-order valence-electron chi connectivity index (χ1n) is 9.76. The number of aliphatic hydroxyl groups is 1. The summed E-state index contributed by atoms with van der Waals surface area (Å²) in [6, 6.07) is 0. The predicted octanol–water partition coefficient (Wildman–Crippen LogP) is 3.04. The van der Waals surface area contributed by atoms with E-state index >= 15 is 0 Å². The van der Waals surface area contributed by atoms with Gasteiger partial charge in [0, 0.05) is 23.2 Å². The second-order valence-electron chi connectivity index (χ2n) is 9.52. The van der Waals surface area contributed by atoms with Crippen LogP contribution in [0, 0.1) is 34.5 Å². The zero-order valence-corrected chi connectivity index (χ0v) is 16.0. The fraction of sp³-hybridized carbons (Fsp3) is 0.682. The number of hydrogen-bond acceptors (Lipinski definition) is 4. The molecule has 3 fully saturated rings. The first-order valence-corrected chi connectivity index (χ1v) is 9.76. The van der Waals surface area contributed by atoms with E-state index in [9.17, 15) is 19.5 Å². The Kier molecular flexibility index (Phi) is 3.60. The third-order valence-corrected chi connectivity index (χ3v) is 8.31. The van der Waals surface area contributed by atoms with E-state index < -0.39 is 16.4 Å². The lowest BCUT2D eigenvalue weighted by atomic mass is 9.45. The summed E-state index contributed by atoms with van der Waals surface area (Å²) in [6.45, 7) is 7.61. The minimum atomic E-state index is -1.39. The van der Waals surface area contributed by atoms with Crippen LogP contribution in [0.4, 0.5) is 0 Å². The first kappa shape index (κ1) is 17.8. The fourth-order valence-corrected chi connectivity index (χ4v) is 7.04. The lowest BCUT2D eigenvalue weighted by Crippen LogP contribution is -2.60. The van der Waals surface area contributed by atoms with Crippen LogP contribution in [-0.4, -0.2) is 28.1 Å². The average molecular weight is 356 g/mol. The highest BCUT2D eigenvalue weighted by atomic mass is 16.3. The van der Waals surface area contributed by atoms with Crippen LogP contribution in [0.3, 0.4) is 0 Å². The van der Waals surface area contributed by atoms with Gasteiger partial charge in [-0.05, 0) is 56.1 Å². The largest absolute Gasteiger partial charge is 0.381 e. The molecule has 0 heterocycles. The number of Topliss-reactive ketones (excluding diaryl/α,β-unsaturated/α-hetero) is 2. The number of allylic oxidation sites excluding steroid dienone is 4. The molecule has 0 aromatic carbocycles. The van der Waals surface area contributed by atoms with Gasteiger partial charge in [-0.1, -0.05) is 32.4 Å². The van der Waals surface area contributed by atoms with Gasteiger partial charge >= 0.3 is 0 Å². The molecule has 4 nitrogen and oxygen atoms in total. The van der Waals surface area contributed by atoms with Crippen molar-refractivity contribution in [2.45, 2.75) is 59.0 Å². The minimum Gasteiger partial charge on any atom is -0.381 e. The summed E-state index contributed by atoms with van der Waals surface area (Å²) in [5.41, 5.74) is -1.42. The molecule has 3 saturated carbocycles. The van der Waals surface area contributed by atoms with Crippen LogP contribution in [0.25, 0.3) is 0 Å². The van der Waals surface area contributed by atoms with Crippen molar-refractivity contribution in [3.8, 4) is 0 Å². The fourth-order valence-electron chi connectivity index (χ4n) is 7.04. The molecule has 26 heavy (non-hydrogen) atoms. The number of fused-ring (bicyclic) bond motifs is 5. The number of ketones is 3. The van der Waals surface area contributed by atoms with E-state index in [-0.39, 0.29) is 47.4 Å². The van der Waals surface area contributed by atoms with Gasteiger partial charge in [-0.2, -0.15) is 0 Å². The summed E-state index contributed by atoms with van der Waals surface area (Å²) in [5.74, 6) is 0.276. The van der Waals surface area contributed by atoms with E-state index in [1.807, 2.05) is 13.0 Å². The van der Waals surface area contributed by atoms with Crippen molar-refractivity contribution in [3.63, 3.8) is 0 Å². The van der Waals surface area contributed by atoms with Crippen molar-refractivity contribution in [2.24, 2.45) is 34.5 Å². The highest BCUT2D eigenvalue weighted by Crippen LogP contribution is 2.66. The number of carbonyl (C=O) groups is 3. The van der Waals surface area contributed by atoms with Crippen LogP contribution in [0.5, 0.6) is 0 Å². The number of rotatable bonds is 1. The van der Waals surface area contributed by atoms with Gasteiger partial charge in [0.05, 0.1) is 0 Å². The monoisotopic (exact) mass is 356 g/mol. The van der Waals surface area contributed by atoms with E-state index in [2.05, 4.69) is 13.8 Å². The smallest absolute Gasteiger partial charge is 0.178 e. The molecule has 4 rings (SSSR count). The summed E-state index contributed by atoms with van der Waals surface area (Å²) in [5, 5.41) is 11.2. The summed E-state index contributed by atoms with van der Waals surface area (Å²) >= 11 is 0. The zero-order valence-electron chi connectivity index (χ0n) is 16.0. The summed E-state index contributed by atoms with van der Waals surface area (Å²) in [6.07, 6.45) is 7.57. The van der Waals surface area contributed by atoms with Gasteiger partial charge in [-0.3, -0.25) is 14.4 Å². The molecular formula is C22H28O4. The molecule has 0 saturated heterocycles. The first-order chi connectivity index (χ1) is 12.0. The zero-order chi connectivity index (χ0) is 19.1. The molecule has 0 radical (unpaired) electrons. The Labute approximate surface area is 154 Å². The van der Waals surface area contributed by atoms with Gasteiger partial charge in [0.1, 0.15) is 11.4 Å². The number of hydrogen-bond donors (Lipinski definition) is 1. The standard InChI is InChI=1S/C22H28O4/c1-12-9-15-16-6-8-22(26,13(2)23)21(16,4)11-18(25)19(15)20(3)7-5-14(24)10-17(12)20/h5,7,10,12,15-16,19,26H,6,8-9,11H2,1-4H3/t12-,15+,16+,19-,20+,21+,22+/m1/s1. The molecule has 0 aromatic rings. The van der Waals surface area contributed by atoms with Crippen molar-refractivity contribution in [3.05, 3.63) is 23.8 Å². The molecular weight excluding hydrogens is 328 g/mol. The second-order valence-corrected chi connectivity index (χ2v) is 9.52. The normalized spacial score (nSPS) is 50.0. The lowest BCUT2D eigenvalue weighted by Gasteiger charge is -2.58. The Morgan fingerprint density at radius 3 is 2.62 bits per heavy atom. The topological polar surface area (TPSA) is 71.4 Å². The summed E-state index contributed by atoms with van der Waals surface area (Å²) in [4.78, 5) is 37.6.